The minimum atomic E-state index is -0.903. The van der Waals surface area contributed by atoms with E-state index in [1.807, 2.05) is 6.07 Å². The molecule has 1 unspecified atom stereocenters. The van der Waals surface area contributed by atoms with Gasteiger partial charge in [0.1, 0.15) is 0 Å². The van der Waals surface area contributed by atoms with Gasteiger partial charge in [-0.15, -0.1) is 0 Å². The molecular weight excluding hydrogens is 308 g/mol. The third-order valence-corrected chi connectivity index (χ3v) is 4.32. The molecule has 0 aliphatic carbocycles. The first kappa shape index (κ1) is 14.3. The Balaban J connectivity index is 1.97. The van der Waals surface area contributed by atoms with Gasteiger partial charge >= 0.3 is 5.97 Å². The van der Waals surface area contributed by atoms with Crippen LogP contribution in [0.15, 0.2) is 22.7 Å². The molecule has 19 heavy (non-hydrogen) atoms. The molecule has 1 heterocycles. The minimum absolute atomic E-state index is 0.298. The topological polar surface area (TPSA) is 52.6 Å². The number of rotatable bonds is 4. The summed E-state index contributed by atoms with van der Waals surface area (Å²) in [6.07, 6.45) is 3.79. The number of likely N-dealkylation sites (N-methyl/N-ethyl adjacent to an activating group) is 1. The van der Waals surface area contributed by atoms with Gasteiger partial charge < -0.3 is 15.3 Å². The Morgan fingerprint density at radius 2 is 2.32 bits per heavy atom. The Hall–Kier alpha value is -1.07. The van der Waals surface area contributed by atoms with Gasteiger partial charge in [-0.1, -0.05) is 6.42 Å². The van der Waals surface area contributed by atoms with Crippen LogP contribution < -0.4 is 5.32 Å². The van der Waals surface area contributed by atoms with E-state index in [0.29, 0.717) is 11.6 Å². The molecule has 2 rings (SSSR count). The molecule has 0 spiro atoms. The van der Waals surface area contributed by atoms with E-state index in [9.17, 15) is 4.79 Å². The molecule has 1 aliphatic heterocycles. The van der Waals surface area contributed by atoms with Crippen molar-refractivity contribution in [3.63, 3.8) is 0 Å². The lowest BCUT2D eigenvalue weighted by Crippen LogP contribution is -2.40. The van der Waals surface area contributed by atoms with Gasteiger partial charge in [-0.05, 0) is 60.6 Å². The zero-order valence-electron chi connectivity index (χ0n) is 11.0. The van der Waals surface area contributed by atoms with Crippen LogP contribution in [-0.4, -0.2) is 42.2 Å². The summed E-state index contributed by atoms with van der Waals surface area (Å²) in [6.45, 7) is 2.05. The Labute approximate surface area is 121 Å². The number of halogens is 1. The summed E-state index contributed by atoms with van der Waals surface area (Å²) in [6, 6.07) is 5.63. The second-order valence-electron chi connectivity index (χ2n) is 5.01. The number of nitrogens with zero attached hydrogens (tertiary/aromatic N) is 1. The Morgan fingerprint density at radius 3 is 2.95 bits per heavy atom. The van der Waals surface area contributed by atoms with Crippen molar-refractivity contribution in [2.75, 3.05) is 25.5 Å². The fraction of sp³-hybridized carbons (Fsp3) is 0.500. The molecule has 1 aliphatic rings. The predicted octanol–water partition coefficient (Wildman–Crippen LogP) is 3.04. The van der Waals surface area contributed by atoms with Gasteiger partial charge in [0, 0.05) is 22.7 Å². The van der Waals surface area contributed by atoms with Crippen molar-refractivity contribution < 1.29 is 9.90 Å². The van der Waals surface area contributed by atoms with E-state index in [-0.39, 0.29) is 0 Å². The molecule has 0 amide bonds. The molecule has 5 heteroatoms. The largest absolute Gasteiger partial charge is 0.478 e. The van der Waals surface area contributed by atoms with Crippen molar-refractivity contribution in [1.29, 1.82) is 0 Å². The minimum Gasteiger partial charge on any atom is -0.478 e. The van der Waals surface area contributed by atoms with Crippen molar-refractivity contribution in [2.45, 2.75) is 25.3 Å². The summed E-state index contributed by atoms with van der Waals surface area (Å²) in [5.74, 6) is -0.903. The molecule has 0 saturated carbocycles. The maximum Gasteiger partial charge on any atom is 0.335 e. The van der Waals surface area contributed by atoms with Crippen LogP contribution in [-0.2, 0) is 0 Å². The van der Waals surface area contributed by atoms with E-state index in [4.69, 9.17) is 5.11 Å². The molecule has 1 fully saturated rings. The monoisotopic (exact) mass is 326 g/mol. The van der Waals surface area contributed by atoms with Gasteiger partial charge in [0.25, 0.3) is 0 Å². The number of carboxylic acids is 1. The summed E-state index contributed by atoms with van der Waals surface area (Å²) in [7, 11) is 2.16. The molecule has 0 bridgehead atoms. The molecule has 1 aromatic rings. The van der Waals surface area contributed by atoms with Crippen molar-refractivity contribution in [3.8, 4) is 0 Å². The van der Waals surface area contributed by atoms with E-state index < -0.39 is 5.97 Å². The first-order valence-corrected chi connectivity index (χ1v) is 7.34. The first-order valence-electron chi connectivity index (χ1n) is 6.55. The summed E-state index contributed by atoms with van der Waals surface area (Å²) in [5.41, 5.74) is 1.25. The molecule has 0 radical (unpaired) electrons. The number of nitrogens with one attached hydrogen (secondary N) is 1. The summed E-state index contributed by atoms with van der Waals surface area (Å²) in [5, 5.41) is 12.3. The van der Waals surface area contributed by atoms with Crippen molar-refractivity contribution in [2.24, 2.45) is 0 Å². The van der Waals surface area contributed by atoms with Crippen LogP contribution in [0.2, 0.25) is 0 Å². The zero-order chi connectivity index (χ0) is 13.8. The molecule has 4 nitrogen and oxygen atoms in total. The molecule has 1 atom stereocenters. The lowest BCUT2D eigenvalue weighted by molar-refractivity contribution is 0.0697. The second kappa shape index (κ2) is 6.39. The highest BCUT2D eigenvalue weighted by Gasteiger charge is 2.18. The Morgan fingerprint density at radius 1 is 1.53 bits per heavy atom. The molecule has 1 aromatic carbocycles. The van der Waals surface area contributed by atoms with Crippen LogP contribution in [0, 0.1) is 0 Å². The van der Waals surface area contributed by atoms with Crippen LogP contribution >= 0.6 is 15.9 Å². The van der Waals surface area contributed by atoms with Crippen LogP contribution in [0.1, 0.15) is 29.6 Å². The Kier molecular flexibility index (Phi) is 4.82. The standard InChI is InChI=1S/C14H19BrN2O2/c1-17-7-3-2-4-11(17)9-16-13-6-5-10(14(18)19)8-12(13)15/h5-6,8,11,16H,2-4,7,9H2,1H3,(H,18,19). The van der Waals surface area contributed by atoms with E-state index in [1.165, 1.54) is 19.3 Å². The van der Waals surface area contributed by atoms with Gasteiger partial charge in [0.05, 0.1) is 5.56 Å². The second-order valence-corrected chi connectivity index (χ2v) is 5.87. The van der Waals surface area contributed by atoms with Crippen molar-refractivity contribution in [3.05, 3.63) is 28.2 Å². The normalized spacial score (nSPS) is 20.2. The number of carbonyl (C=O) groups is 1. The highest BCUT2D eigenvalue weighted by atomic mass is 79.9. The third kappa shape index (κ3) is 3.70. The number of likely N-dealkylation sites (tertiary alicyclic amines) is 1. The number of anilines is 1. The molecule has 0 aromatic heterocycles. The average molecular weight is 327 g/mol. The summed E-state index contributed by atoms with van der Waals surface area (Å²) in [4.78, 5) is 13.2. The van der Waals surface area contributed by atoms with E-state index in [1.54, 1.807) is 12.1 Å². The van der Waals surface area contributed by atoms with Crippen molar-refractivity contribution >= 4 is 27.6 Å². The maximum atomic E-state index is 10.9. The molecule has 2 N–H and O–H groups in total. The summed E-state index contributed by atoms with van der Waals surface area (Å²) < 4.78 is 0.797. The van der Waals surface area contributed by atoms with Gasteiger partial charge in [-0.25, -0.2) is 4.79 Å². The van der Waals surface area contributed by atoms with Crippen LogP contribution in [0.3, 0.4) is 0 Å². The fourth-order valence-corrected chi connectivity index (χ4v) is 2.94. The fourth-order valence-electron chi connectivity index (χ4n) is 2.42. The van der Waals surface area contributed by atoms with Gasteiger partial charge in [0.2, 0.25) is 0 Å². The number of benzene rings is 1. The van der Waals surface area contributed by atoms with Crippen LogP contribution in [0.5, 0.6) is 0 Å². The average Bonchev–Trinajstić information content (AvgIpc) is 2.39. The third-order valence-electron chi connectivity index (χ3n) is 3.67. The van der Waals surface area contributed by atoms with E-state index >= 15 is 0 Å². The zero-order valence-corrected chi connectivity index (χ0v) is 12.6. The lowest BCUT2D eigenvalue weighted by Gasteiger charge is -2.32. The number of aromatic carboxylic acids is 1. The number of piperidine rings is 1. The van der Waals surface area contributed by atoms with Crippen LogP contribution in [0.4, 0.5) is 5.69 Å². The van der Waals surface area contributed by atoms with Crippen LogP contribution in [0.25, 0.3) is 0 Å². The number of carboxylic acid groups (broad SMARTS) is 1. The predicted molar refractivity (Wildman–Crippen MR) is 79.9 cm³/mol. The SMILES string of the molecule is CN1CCCCC1CNc1ccc(C(=O)O)cc1Br. The quantitative estimate of drug-likeness (QED) is 0.892. The van der Waals surface area contributed by atoms with Gasteiger partial charge in [-0.2, -0.15) is 0 Å². The van der Waals surface area contributed by atoms with Gasteiger partial charge in [0.15, 0.2) is 0 Å². The maximum absolute atomic E-state index is 10.9. The highest BCUT2D eigenvalue weighted by molar-refractivity contribution is 9.10. The molecule has 1 saturated heterocycles. The first-order chi connectivity index (χ1) is 9.08. The Bertz CT molecular complexity index is 465. The number of hydrogen-bond donors (Lipinski definition) is 2. The van der Waals surface area contributed by atoms with E-state index in [2.05, 4.69) is 33.2 Å². The van der Waals surface area contributed by atoms with Crippen molar-refractivity contribution in [1.82, 2.24) is 4.90 Å². The molecular formula is C14H19BrN2O2. The smallest absolute Gasteiger partial charge is 0.335 e. The number of hydrogen-bond acceptors (Lipinski definition) is 3. The van der Waals surface area contributed by atoms with Gasteiger partial charge in [-0.3, -0.25) is 0 Å². The summed E-state index contributed by atoms with van der Waals surface area (Å²) >= 11 is 3.42. The lowest BCUT2D eigenvalue weighted by atomic mass is 10.0. The molecule has 104 valence electrons. The highest BCUT2D eigenvalue weighted by Crippen LogP contribution is 2.24. The van der Waals surface area contributed by atoms with E-state index in [0.717, 1.165) is 23.2 Å².